The lowest BCUT2D eigenvalue weighted by Crippen LogP contribution is -2.36. The molecule has 0 aromatic heterocycles. The van der Waals surface area contributed by atoms with Crippen LogP contribution in [0, 0.1) is 11.3 Å². The molecule has 1 saturated carbocycles. The third-order valence-corrected chi connectivity index (χ3v) is 6.74. The van der Waals surface area contributed by atoms with E-state index in [0.29, 0.717) is 11.7 Å². The lowest BCUT2D eigenvalue weighted by Gasteiger charge is -2.42. The van der Waals surface area contributed by atoms with Crippen molar-refractivity contribution in [1.82, 2.24) is 0 Å². The fraction of sp³-hybridized carbons (Fsp3) is 0.571. The van der Waals surface area contributed by atoms with E-state index in [4.69, 9.17) is 9.47 Å². The number of methoxy groups -OCH3 is 2. The van der Waals surface area contributed by atoms with Gasteiger partial charge in [0.1, 0.15) is 5.78 Å². The zero-order valence-electron chi connectivity index (χ0n) is 14.9. The number of ketones is 1. The predicted octanol–water partition coefficient (Wildman–Crippen LogP) is 4.57. The summed E-state index contributed by atoms with van der Waals surface area (Å²) in [4.78, 5) is 12.6. The van der Waals surface area contributed by atoms with Gasteiger partial charge in [0.25, 0.3) is 0 Å². The second-order valence-corrected chi connectivity index (χ2v) is 7.39. The van der Waals surface area contributed by atoms with Crippen LogP contribution >= 0.6 is 0 Å². The Bertz CT molecular complexity index is 731. The molecule has 0 unspecified atom stereocenters. The van der Waals surface area contributed by atoms with Gasteiger partial charge in [-0.15, -0.1) is 0 Å². The van der Waals surface area contributed by atoms with Crippen molar-refractivity contribution in [3.05, 3.63) is 28.8 Å². The van der Waals surface area contributed by atoms with Crippen LogP contribution in [0.4, 0.5) is 0 Å². The maximum absolute atomic E-state index is 12.6. The van der Waals surface area contributed by atoms with Gasteiger partial charge in [-0.3, -0.25) is 4.79 Å². The highest BCUT2D eigenvalue weighted by molar-refractivity contribution is 5.90. The molecule has 3 nitrogen and oxygen atoms in total. The molecule has 24 heavy (non-hydrogen) atoms. The fourth-order valence-electron chi connectivity index (χ4n) is 5.47. The Morgan fingerprint density at radius 2 is 1.83 bits per heavy atom. The number of hydrogen-bond acceptors (Lipinski definition) is 3. The van der Waals surface area contributed by atoms with Crippen LogP contribution in [0.5, 0.6) is 11.5 Å². The van der Waals surface area contributed by atoms with Crippen LogP contribution in [0.15, 0.2) is 17.7 Å². The van der Waals surface area contributed by atoms with Gasteiger partial charge >= 0.3 is 0 Å². The third-order valence-electron chi connectivity index (χ3n) is 6.74. The first-order valence-electron chi connectivity index (χ1n) is 9.15. The maximum Gasteiger partial charge on any atom is 0.161 e. The summed E-state index contributed by atoms with van der Waals surface area (Å²) in [6.45, 7) is 2.20. The Kier molecular flexibility index (Phi) is 3.70. The molecule has 0 spiro atoms. The lowest BCUT2D eigenvalue weighted by atomic mass is 9.61. The standard InChI is InChI=1S/C21H26O3/c1-4-21-10-9-14-15(17(21)7-8-20(21)22)6-5-13-11-18(23-2)19(24-3)12-16(13)14/h11-12,17H,4-10H2,1-3H3/t17-,21-/m0/s1. The van der Waals surface area contributed by atoms with Crippen LogP contribution in [-0.2, 0) is 11.2 Å². The molecule has 0 bridgehead atoms. The van der Waals surface area contributed by atoms with E-state index in [0.717, 1.165) is 56.4 Å². The van der Waals surface area contributed by atoms with Gasteiger partial charge in [0.15, 0.2) is 11.5 Å². The van der Waals surface area contributed by atoms with Gasteiger partial charge in [0, 0.05) is 11.8 Å². The van der Waals surface area contributed by atoms with Crippen molar-refractivity contribution >= 4 is 11.4 Å². The first kappa shape index (κ1) is 15.7. The summed E-state index contributed by atoms with van der Waals surface area (Å²) in [5.41, 5.74) is 5.68. The zero-order valence-corrected chi connectivity index (χ0v) is 14.9. The number of benzene rings is 1. The van der Waals surface area contributed by atoms with Crippen LogP contribution < -0.4 is 9.47 Å². The van der Waals surface area contributed by atoms with E-state index >= 15 is 0 Å². The van der Waals surface area contributed by atoms with Gasteiger partial charge in [-0.2, -0.15) is 0 Å². The summed E-state index contributed by atoms with van der Waals surface area (Å²) < 4.78 is 11.0. The molecule has 128 valence electrons. The van der Waals surface area contributed by atoms with E-state index in [1.807, 2.05) is 0 Å². The van der Waals surface area contributed by atoms with E-state index in [1.165, 1.54) is 16.7 Å². The van der Waals surface area contributed by atoms with E-state index in [9.17, 15) is 4.79 Å². The van der Waals surface area contributed by atoms with Gasteiger partial charge in [0.2, 0.25) is 0 Å². The first-order valence-corrected chi connectivity index (χ1v) is 9.15. The van der Waals surface area contributed by atoms with Crippen molar-refractivity contribution in [3.8, 4) is 11.5 Å². The van der Waals surface area contributed by atoms with Gasteiger partial charge in [-0.05, 0) is 73.3 Å². The summed E-state index contributed by atoms with van der Waals surface area (Å²) in [5.74, 6) is 2.61. The molecule has 3 heteroatoms. The molecule has 2 atom stereocenters. The molecule has 0 aliphatic heterocycles. The fourth-order valence-corrected chi connectivity index (χ4v) is 5.47. The normalized spacial score (nSPS) is 28.3. The number of aryl methyl sites for hydroxylation is 1. The van der Waals surface area contributed by atoms with E-state index in [2.05, 4.69) is 19.1 Å². The minimum Gasteiger partial charge on any atom is -0.493 e. The van der Waals surface area contributed by atoms with Gasteiger partial charge in [-0.25, -0.2) is 0 Å². The molecule has 1 aromatic carbocycles. The second-order valence-electron chi connectivity index (χ2n) is 7.39. The summed E-state index contributed by atoms with van der Waals surface area (Å²) in [7, 11) is 3.39. The molecule has 3 aliphatic rings. The topological polar surface area (TPSA) is 35.5 Å². The molecular weight excluding hydrogens is 300 g/mol. The molecule has 0 saturated heterocycles. The number of allylic oxidation sites excluding steroid dienone is 2. The van der Waals surface area contributed by atoms with Gasteiger partial charge < -0.3 is 9.47 Å². The number of hydrogen-bond donors (Lipinski definition) is 0. The van der Waals surface area contributed by atoms with Crippen molar-refractivity contribution in [2.45, 2.75) is 51.9 Å². The lowest BCUT2D eigenvalue weighted by molar-refractivity contribution is -0.127. The number of fused-ring (bicyclic) bond motifs is 4. The number of carbonyl (C=O) groups is 1. The Morgan fingerprint density at radius 3 is 2.54 bits per heavy atom. The van der Waals surface area contributed by atoms with Gasteiger partial charge in [0.05, 0.1) is 14.2 Å². The predicted molar refractivity (Wildman–Crippen MR) is 94.5 cm³/mol. The largest absolute Gasteiger partial charge is 0.493 e. The molecule has 0 radical (unpaired) electrons. The highest BCUT2D eigenvalue weighted by atomic mass is 16.5. The Morgan fingerprint density at radius 1 is 1.08 bits per heavy atom. The van der Waals surface area contributed by atoms with Crippen LogP contribution in [-0.4, -0.2) is 20.0 Å². The monoisotopic (exact) mass is 326 g/mol. The van der Waals surface area contributed by atoms with E-state index in [-0.39, 0.29) is 5.41 Å². The Balaban J connectivity index is 1.83. The van der Waals surface area contributed by atoms with E-state index in [1.54, 1.807) is 19.8 Å². The average molecular weight is 326 g/mol. The quantitative estimate of drug-likeness (QED) is 0.816. The highest BCUT2D eigenvalue weighted by Gasteiger charge is 2.52. The third kappa shape index (κ3) is 2.00. The minimum atomic E-state index is -0.0626. The summed E-state index contributed by atoms with van der Waals surface area (Å²) in [5, 5.41) is 0. The molecule has 0 N–H and O–H groups in total. The van der Waals surface area contributed by atoms with Gasteiger partial charge in [-0.1, -0.05) is 12.5 Å². The van der Waals surface area contributed by atoms with Crippen LogP contribution in [0.3, 0.4) is 0 Å². The Labute approximate surface area is 144 Å². The maximum atomic E-state index is 12.6. The minimum absolute atomic E-state index is 0.0626. The molecule has 4 rings (SSSR count). The summed E-state index contributed by atoms with van der Waals surface area (Å²) >= 11 is 0. The number of ether oxygens (including phenoxy) is 2. The first-order chi connectivity index (χ1) is 11.6. The van der Waals surface area contributed by atoms with Crippen LogP contribution in [0.1, 0.15) is 56.6 Å². The van der Waals surface area contributed by atoms with Crippen LogP contribution in [0.2, 0.25) is 0 Å². The average Bonchev–Trinajstić information content (AvgIpc) is 2.97. The van der Waals surface area contributed by atoms with Crippen LogP contribution in [0.25, 0.3) is 5.57 Å². The van der Waals surface area contributed by atoms with Crippen molar-refractivity contribution in [1.29, 1.82) is 0 Å². The summed E-state index contributed by atoms with van der Waals surface area (Å²) in [6, 6.07) is 4.29. The SMILES string of the molecule is CC[C@]12CCC3=C(CCc4cc(OC)c(OC)cc43)[C@@H]1CCC2=O. The number of carbonyl (C=O) groups excluding carboxylic acids is 1. The number of Topliss-reactive ketones (excluding diaryl/α,β-unsaturated/α-hetero) is 1. The summed E-state index contributed by atoms with van der Waals surface area (Å²) in [6.07, 6.45) is 6.98. The molecule has 0 amide bonds. The number of rotatable bonds is 3. The zero-order chi connectivity index (χ0) is 16.9. The molecular formula is C21H26O3. The van der Waals surface area contributed by atoms with E-state index < -0.39 is 0 Å². The molecule has 3 aliphatic carbocycles. The van der Waals surface area contributed by atoms with Crippen molar-refractivity contribution in [3.63, 3.8) is 0 Å². The molecule has 1 aromatic rings. The smallest absolute Gasteiger partial charge is 0.161 e. The molecule has 0 heterocycles. The molecule has 1 fully saturated rings. The second kappa shape index (κ2) is 5.65. The van der Waals surface area contributed by atoms with Crippen molar-refractivity contribution < 1.29 is 14.3 Å². The van der Waals surface area contributed by atoms with Crippen molar-refractivity contribution in [2.75, 3.05) is 14.2 Å². The Hall–Kier alpha value is -1.77. The highest BCUT2D eigenvalue weighted by Crippen LogP contribution is 2.58. The van der Waals surface area contributed by atoms with Crippen molar-refractivity contribution in [2.24, 2.45) is 11.3 Å².